The lowest BCUT2D eigenvalue weighted by Gasteiger charge is -2.36. The first kappa shape index (κ1) is 18.1. The van der Waals surface area contributed by atoms with Gasteiger partial charge in [0.15, 0.2) is 0 Å². The van der Waals surface area contributed by atoms with Gasteiger partial charge in [-0.15, -0.1) is 0 Å². The van der Waals surface area contributed by atoms with E-state index in [0.29, 0.717) is 0 Å². The summed E-state index contributed by atoms with van der Waals surface area (Å²) in [5, 5.41) is 3.52. The average Bonchev–Trinajstić information content (AvgIpc) is 2.60. The molecular weight excluding hydrogens is 284 g/mol. The molecule has 0 unspecified atom stereocenters. The second kappa shape index (κ2) is 10.5. The lowest BCUT2D eigenvalue weighted by atomic mass is 10.2. The quantitative estimate of drug-likeness (QED) is 0.651. The highest BCUT2D eigenvalue weighted by Gasteiger charge is 2.16. The highest BCUT2D eigenvalue weighted by Crippen LogP contribution is 2.19. The van der Waals surface area contributed by atoms with Crippen LogP contribution in [0.5, 0.6) is 0 Å². The fourth-order valence-corrected chi connectivity index (χ4v) is 3.19. The predicted molar refractivity (Wildman–Crippen MR) is 101 cm³/mol. The second-order valence-corrected chi connectivity index (χ2v) is 6.51. The molecule has 4 heteroatoms. The van der Waals surface area contributed by atoms with Crippen LogP contribution in [-0.2, 0) is 0 Å². The zero-order valence-electron chi connectivity index (χ0n) is 14.8. The highest BCUT2D eigenvalue weighted by atomic mass is 15.3. The highest BCUT2D eigenvalue weighted by molar-refractivity contribution is 5.55. The third-order valence-corrected chi connectivity index (χ3v) is 4.60. The average molecular weight is 319 g/mol. The summed E-state index contributed by atoms with van der Waals surface area (Å²) in [5.74, 6) is 0. The summed E-state index contributed by atoms with van der Waals surface area (Å²) in [6, 6.07) is 8.94. The van der Waals surface area contributed by atoms with Crippen molar-refractivity contribution in [2.45, 2.75) is 39.0 Å². The Bertz CT molecular complexity index is 410. The Labute approximate surface area is 142 Å². The minimum atomic E-state index is 0.821. The first-order valence-electron chi connectivity index (χ1n) is 9.35. The van der Waals surface area contributed by atoms with E-state index in [4.69, 9.17) is 5.73 Å². The second-order valence-electron chi connectivity index (χ2n) is 6.51. The molecule has 1 aromatic rings. The fourth-order valence-electron chi connectivity index (χ4n) is 3.19. The topological polar surface area (TPSA) is 44.5 Å². The number of nitrogens with zero attached hydrogens (tertiary/aromatic N) is 2. The van der Waals surface area contributed by atoms with Gasteiger partial charge in [-0.2, -0.15) is 0 Å². The van der Waals surface area contributed by atoms with E-state index in [-0.39, 0.29) is 0 Å². The minimum Gasteiger partial charge on any atom is -0.385 e. The molecule has 130 valence electrons. The van der Waals surface area contributed by atoms with Gasteiger partial charge in [-0.3, -0.25) is 4.90 Å². The zero-order valence-corrected chi connectivity index (χ0v) is 14.8. The van der Waals surface area contributed by atoms with Crippen molar-refractivity contribution in [1.82, 2.24) is 4.90 Å². The first-order valence-corrected chi connectivity index (χ1v) is 9.35. The summed E-state index contributed by atoms with van der Waals surface area (Å²) in [4.78, 5) is 5.07. The maximum atomic E-state index is 5.51. The van der Waals surface area contributed by atoms with E-state index in [2.05, 4.69) is 46.3 Å². The molecule has 23 heavy (non-hydrogen) atoms. The van der Waals surface area contributed by atoms with Crippen LogP contribution < -0.4 is 16.0 Å². The van der Waals surface area contributed by atoms with Crippen LogP contribution in [-0.4, -0.2) is 50.7 Å². The van der Waals surface area contributed by atoms with E-state index in [1.54, 1.807) is 0 Å². The number of nitrogens with one attached hydrogen (secondary N) is 1. The first-order chi connectivity index (χ1) is 11.3. The van der Waals surface area contributed by atoms with E-state index in [1.165, 1.54) is 56.7 Å². The van der Waals surface area contributed by atoms with Gasteiger partial charge in [0.25, 0.3) is 0 Å². The number of nitrogens with two attached hydrogens (primary N) is 1. The predicted octanol–water partition coefficient (Wildman–Crippen LogP) is 3.15. The lowest BCUT2D eigenvalue weighted by Crippen LogP contribution is -2.46. The van der Waals surface area contributed by atoms with E-state index in [9.17, 15) is 0 Å². The van der Waals surface area contributed by atoms with Gasteiger partial charge in [-0.05, 0) is 56.6 Å². The summed E-state index contributed by atoms with van der Waals surface area (Å²) in [7, 11) is 0. The van der Waals surface area contributed by atoms with Crippen LogP contribution in [0.25, 0.3) is 0 Å². The fraction of sp³-hybridized carbons (Fsp3) is 0.684. The molecule has 0 bridgehead atoms. The molecule has 3 N–H and O–H groups in total. The number of benzene rings is 1. The third-order valence-electron chi connectivity index (χ3n) is 4.60. The van der Waals surface area contributed by atoms with Gasteiger partial charge >= 0.3 is 0 Å². The molecule has 2 rings (SSSR count). The minimum absolute atomic E-state index is 0.821. The molecule has 0 spiro atoms. The van der Waals surface area contributed by atoms with Crippen molar-refractivity contribution in [3.8, 4) is 0 Å². The normalized spacial score (nSPS) is 15.8. The van der Waals surface area contributed by atoms with Gasteiger partial charge in [-0.25, -0.2) is 0 Å². The lowest BCUT2D eigenvalue weighted by molar-refractivity contribution is 0.258. The summed E-state index contributed by atoms with van der Waals surface area (Å²) in [5.41, 5.74) is 8.10. The van der Waals surface area contributed by atoms with Crippen LogP contribution in [0, 0.1) is 0 Å². The van der Waals surface area contributed by atoms with E-state index in [1.807, 2.05) is 0 Å². The monoisotopic (exact) mass is 318 g/mol. The largest absolute Gasteiger partial charge is 0.385 e. The number of hydrogen-bond donors (Lipinski definition) is 2. The Kier molecular flexibility index (Phi) is 8.26. The van der Waals surface area contributed by atoms with Gasteiger partial charge < -0.3 is 16.0 Å². The molecule has 0 aromatic heterocycles. The SMILES string of the molecule is CCCN1CCN(c2ccc(NCCCCCCN)cc2)CC1. The standard InChI is InChI=1S/C19H34N4/c1-2-13-22-14-16-23(17-15-22)19-9-7-18(8-10-19)21-12-6-4-3-5-11-20/h7-10,21H,2-6,11-17,20H2,1H3. The Hall–Kier alpha value is -1.26. The summed E-state index contributed by atoms with van der Waals surface area (Å²) < 4.78 is 0. The third kappa shape index (κ3) is 6.40. The zero-order chi connectivity index (χ0) is 16.3. The molecule has 1 aromatic carbocycles. The van der Waals surface area contributed by atoms with Crippen LogP contribution in [0.15, 0.2) is 24.3 Å². The van der Waals surface area contributed by atoms with Gasteiger partial charge in [0, 0.05) is 44.1 Å². The molecule has 1 aliphatic rings. The number of rotatable bonds is 10. The van der Waals surface area contributed by atoms with Crippen molar-refractivity contribution in [3.63, 3.8) is 0 Å². The molecular formula is C19H34N4. The summed E-state index contributed by atoms with van der Waals surface area (Å²) in [6.45, 7) is 10.1. The maximum Gasteiger partial charge on any atom is 0.0368 e. The van der Waals surface area contributed by atoms with Crippen molar-refractivity contribution >= 4 is 11.4 Å². The molecule has 0 aliphatic carbocycles. The van der Waals surface area contributed by atoms with Crippen molar-refractivity contribution in [2.75, 3.05) is 56.0 Å². The van der Waals surface area contributed by atoms with Crippen LogP contribution in [0.1, 0.15) is 39.0 Å². The molecule has 0 saturated carbocycles. The maximum absolute atomic E-state index is 5.51. The van der Waals surface area contributed by atoms with Crippen LogP contribution in [0.4, 0.5) is 11.4 Å². The van der Waals surface area contributed by atoms with E-state index < -0.39 is 0 Å². The van der Waals surface area contributed by atoms with Gasteiger partial charge in [0.2, 0.25) is 0 Å². The van der Waals surface area contributed by atoms with Crippen molar-refractivity contribution in [2.24, 2.45) is 5.73 Å². The molecule has 0 radical (unpaired) electrons. The molecule has 4 nitrogen and oxygen atoms in total. The van der Waals surface area contributed by atoms with Crippen molar-refractivity contribution in [3.05, 3.63) is 24.3 Å². The number of hydrogen-bond acceptors (Lipinski definition) is 4. The van der Waals surface area contributed by atoms with Gasteiger partial charge in [-0.1, -0.05) is 19.8 Å². The Morgan fingerprint density at radius 1 is 0.957 bits per heavy atom. The molecule has 0 amide bonds. The van der Waals surface area contributed by atoms with Crippen LogP contribution in [0.2, 0.25) is 0 Å². The molecule has 1 fully saturated rings. The van der Waals surface area contributed by atoms with Gasteiger partial charge in [0.1, 0.15) is 0 Å². The Morgan fingerprint density at radius 2 is 1.65 bits per heavy atom. The Balaban J connectivity index is 1.68. The number of anilines is 2. The number of piperazine rings is 1. The summed E-state index contributed by atoms with van der Waals surface area (Å²) in [6.07, 6.45) is 6.15. The molecule has 1 saturated heterocycles. The van der Waals surface area contributed by atoms with Gasteiger partial charge in [0.05, 0.1) is 0 Å². The van der Waals surface area contributed by atoms with Crippen LogP contribution >= 0.6 is 0 Å². The molecule has 1 aliphatic heterocycles. The molecule has 1 heterocycles. The smallest absolute Gasteiger partial charge is 0.0368 e. The van der Waals surface area contributed by atoms with Crippen molar-refractivity contribution < 1.29 is 0 Å². The van der Waals surface area contributed by atoms with E-state index in [0.717, 1.165) is 32.6 Å². The van der Waals surface area contributed by atoms with Crippen molar-refractivity contribution in [1.29, 1.82) is 0 Å². The molecule has 0 atom stereocenters. The Morgan fingerprint density at radius 3 is 2.30 bits per heavy atom. The summed E-state index contributed by atoms with van der Waals surface area (Å²) >= 11 is 0. The number of unbranched alkanes of at least 4 members (excludes halogenated alkanes) is 3. The van der Waals surface area contributed by atoms with Crippen LogP contribution in [0.3, 0.4) is 0 Å². The van der Waals surface area contributed by atoms with E-state index >= 15 is 0 Å².